The van der Waals surface area contributed by atoms with Gasteiger partial charge in [0.2, 0.25) is 5.91 Å². The Bertz CT molecular complexity index is 331. The zero-order valence-corrected chi connectivity index (χ0v) is 10.0. The fourth-order valence-corrected chi connectivity index (χ4v) is 1.44. The standard InChI is InChI=1S/C10H13ClN2O.ClH/c1-2-13(10(14)7-12)9-5-3-4-8(11)6-9;/h3-6H,2,7,12H2,1H3;1H. The van der Waals surface area contributed by atoms with Crippen molar-refractivity contribution in [3.8, 4) is 0 Å². The Morgan fingerprint density at radius 1 is 1.53 bits per heavy atom. The first-order chi connectivity index (χ1) is 6.69. The SMILES string of the molecule is CCN(C(=O)CN)c1cccc(Cl)c1.Cl. The van der Waals surface area contributed by atoms with Gasteiger partial charge in [-0.3, -0.25) is 4.79 Å². The topological polar surface area (TPSA) is 46.3 Å². The first-order valence-electron chi connectivity index (χ1n) is 4.45. The van der Waals surface area contributed by atoms with Gasteiger partial charge in [-0.25, -0.2) is 0 Å². The molecule has 3 nitrogen and oxygen atoms in total. The summed E-state index contributed by atoms with van der Waals surface area (Å²) in [5.74, 6) is -0.102. The van der Waals surface area contributed by atoms with Gasteiger partial charge in [0, 0.05) is 17.3 Å². The zero-order valence-electron chi connectivity index (χ0n) is 8.44. The number of nitrogens with two attached hydrogens (primary N) is 1. The molecule has 0 fully saturated rings. The number of halogens is 2. The van der Waals surface area contributed by atoms with Gasteiger partial charge in [0.25, 0.3) is 0 Å². The van der Waals surface area contributed by atoms with E-state index >= 15 is 0 Å². The van der Waals surface area contributed by atoms with Crippen molar-refractivity contribution in [2.75, 3.05) is 18.0 Å². The first-order valence-corrected chi connectivity index (χ1v) is 4.82. The molecule has 1 aromatic rings. The molecule has 15 heavy (non-hydrogen) atoms. The van der Waals surface area contributed by atoms with Crippen LogP contribution in [0.3, 0.4) is 0 Å². The molecule has 0 saturated heterocycles. The van der Waals surface area contributed by atoms with E-state index in [0.717, 1.165) is 5.69 Å². The molecule has 1 aromatic carbocycles. The Morgan fingerprint density at radius 3 is 2.67 bits per heavy atom. The van der Waals surface area contributed by atoms with Crippen molar-refractivity contribution >= 4 is 35.6 Å². The summed E-state index contributed by atoms with van der Waals surface area (Å²) in [7, 11) is 0. The van der Waals surface area contributed by atoms with E-state index in [1.807, 2.05) is 19.1 Å². The summed E-state index contributed by atoms with van der Waals surface area (Å²) in [5.41, 5.74) is 6.09. The second kappa shape index (κ2) is 6.67. The van der Waals surface area contributed by atoms with Crippen LogP contribution in [-0.4, -0.2) is 19.0 Å². The number of nitrogens with zero attached hydrogens (tertiary/aromatic N) is 1. The van der Waals surface area contributed by atoms with Crippen LogP contribution in [0.15, 0.2) is 24.3 Å². The second-order valence-electron chi connectivity index (χ2n) is 2.82. The van der Waals surface area contributed by atoms with Crippen LogP contribution in [0, 0.1) is 0 Å². The van der Waals surface area contributed by atoms with Gasteiger partial charge in [0.05, 0.1) is 6.54 Å². The molecule has 84 valence electrons. The number of rotatable bonds is 3. The predicted molar refractivity (Wildman–Crippen MR) is 65.8 cm³/mol. The zero-order chi connectivity index (χ0) is 10.6. The molecule has 2 N–H and O–H groups in total. The van der Waals surface area contributed by atoms with Gasteiger partial charge in [-0.15, -0.1) is 12.4 Å². The number of carbonyl (C=O) groups is 1. The lowest BCUT2D eigenvalue weighted by molar-refractivity contribution is -0.117. The summed E-state index contributed by atoms with van der Waals surface area (Å²) in [4.78, 5) is 13.0. The minimum absolute atomic E-state index is 0. The van der Waals surface area contributed by atoms with Crippen LogP contribution in [0.25, 0.3) is 0 Å². The number of amides is 1. The molecule has 0 bridgehead atoms. The van der Waals surface area contributed by atoms with Crippen LogP contribution < -0.4 is 10.6 Å². The average molecular weight is 249 g/mol. The van der Waals surface area contributed by atoms with Crippen molar-refractivity contribution in [2.24, 2.45) is 5.73 Å². The second-order valence-corrected chi connectivity index (χ2v) is 3.26. The fraction of sp³-hybridized carbons (Fsp3) is 0.300. The smallest absolute Gasteiger partial charge is 0.240 e. The maximum Gasteiger partial charge on any atom is 0.240 e. The largest absolute Gasteiger partial charge is 0.322 e. The molecule has 0 unspecified atom stereocenters. The van der Waals surface area contributed by atoms with Gasteiger partial charge in [0.1, 0.15) is 0 Å². The van der Waals surface area contributed by atoms with Crippen molar-refractivity contribution in [3.63, 3.8) is 0 Å². The van der Waals surface area contributed by atoms with E-state index in [0.29, 0.717) is 11.6 Å². The van der Waals surface area contributed by atoms with E-state index in [2.05, 4.69) is 0 Å². The quantitative estimate of drug-likeness (QED) is 0.891. The lowest BCUT2D eigenvalue weighted by atomic mass is 10.3. The molecule has 0 saturated carbocycles. The maximum atomic E-state index is 11.4. The molecular weight excluding hydrogens is 235 g/mol. The highest BCUT2D eigenvalue weighted by atomic mass is 35.5. The average Bonchev–Trinajstić information content (AvgIpc) is 2.19. The Balaban J connectivity index is 0.00000196. The highest BCUT2D eigenvalue weighted by molar-refractivity contribution is 6.30. The molecule has 0 spiro atoms. The van der Waals surface area contributed by atoms with Crippen molar-refractivity contribution in [1.82, 2.24) is 0 Å². The Kier molecular flexibility index (Phi) is 6.32. The maximum absolute atomic E-state index is 11.4. The molecular formula is C10H14Cl2N2O. The summed E-state index contributed by atoms with van der Waals surface area (Å²) >= 11 is 5.82. The Labute approximate surface area is 101 Å². The molecule has 0 aromatic heterocycles. The predicted octanol–water partition coefficient (Wildman–Crippen LogP) is 2.07. The third-order valence-corrected chi connectivity index (χ3v) is 2.15. The minimum Gasteiger partial charge on any atom is -0.322 e. The van der Waals surface area contributed by atoms with Gasteiger partial charge < -0.3 is 10.6 Å². The van der Waals surface area contributed by atoms with Crippen LogP contribution in [0.1, 0.15) is 6.92 Å². The van der Waals surface area contributed by atoms with E-state index in [-0.39, 0.29) is 24.9 Å². The van der Waals surface area contributed by atoms with Crippen molar-refractivity contribution in [1.29, 1.82) is 0 Å². The summed E-state index contributed by atoms with van der Waals surface area (Å²) in [6, 6.07) is 7.16. The first kappa shape index (κ1) is 14.2. The van der Waals surface area contributed by atoms with E-state index < -0.39 is 0 Å². The number of hydrogen-bond acceptors (Lipinski definition) is 2. The molecule has 0 aliphatic heterocycles. The molecule has 0 heterocycles. The van der Waals surface area contributed by atoms with Crippen LogP contribution in [0.2, 0.25) is 5.02 Å². The number of likely N-dealkylation sites (N-methyl/N-ethyl adjacent to an activating group) is 1. The fourth-order valence-electron chi connectivity index (χ4n) is 1.26. The summed E-state index contributed by atoms with van der Waals surface area (Å²) < 4.78 is 0. The van der Waals surface area contributed by atoms with Crippen LogP contribution in [0.5, 0.6) is 0 Å². The van der Waals surface area contributed by atoms with E-state index in [4.69, 9.17) is 17.3 Å². The van der Waals surface area contributed by atoms with E-state index in [1.54, 1.807) is 17.0 Å². The molecule has 0 aliphatic carbocycles. The lowest BCUT2D eigenvalue weighted by Gasteiger charge is -2.20. The molecule has 0 aliphatic rings. The number of carbonyl (C=O) groups excluding carboxylic acids is 1. The normalized spacial score (nSPS) is 9.27. The number of benzene rings is 1. The third-order valence-electron chi connectivity index (χ3n) is 1.91. The van der Waals surface area contributed by atoms with E-state index in [1.165, 1.54) is 0 Å². The minimum atomic E-state index is -0.102. The molecule has 0 radical (unpaired) electrons. The number of hydrogen-bond donors (Lipinski definition) is 1. The van der Waals surface area contributed by atoms with Gasteiger partial charge in [-0.1, -0.05) is 17.7 Å². The van der Waals surface area contributed by atoms with Gasteiger partial charge in [-0.05, 0) is 25.1 Å². The Morgan fingerprint density at radius 2 is 2.20 bits per heavy atom. The molecule has 5 heteroatoms. The van der Waals surface area contributed by atoms with Crippen LogP contribution >= 0.6 is 24.0 Å². The summed E-state index contributed by atoms with van der Waals surface area (Å²) in [6.45, 7) is 2.51. The van der Waals surface area contributed by atoms with Gasteiger partial charge >= 0.3 is 0 Å². The highest BCUT2D eigenvalue weighted by Gasteiger charge is 2.11. The summed E-state index contributed by atoms with van der Waals surface area (Å²) in [6.07, 6.45) is 0. The monoisotopic (exact) mass is 248 g/mol. The van der Waals surface area contributed by atoms with E-state index in [9.17, 15) is 4.79 Å². The van der Waals surface area contributed by atoms with Crippen molar-refractivity contribution < 1.29 is 4.79 Å². The van der Waals surface area contributed by atoms with Crippen LogP contribution in [-0.2, 0) is 4.79 Å². The van der Waals surface area contributed by atoms with Gasteiger partial charge in [0.15, 0.2) is 0 Å². The third kappa shape index (κ3) is 3.70. The van der Waals surface area contributed by atoms with Crippen LogP contribution in [0.4, 0.5) is 5.69 Å². The van der Waals surface area contributed by atoms with Gasteiger partial charge in [-0.2, -0.15) is 0 Å². The van der Waals surface area contributed by atoms with Crippen molar-refractivity contribution in [3.05, 3.63) is 29.3 Å². The Hall–Kier alpha value is -0.770. The molecule has 1 amide bonds. The highest BCUT2D eigenvalue weighted by Crippen LogP contribution is 2.19. The van der Waals surface area contributed by atoms with Crippen molar-refractivity contribution in [2.45, 2.75) is 6.92 Å². The lowest BCUT2D eigenvalue weighted by Crippen LogP contribution is -2.35. The summed E-state index contributed by atoms with van der Waals surface area (Å²) in [5, 5.41) is 0.616. The molecule has 1 rings (SSSR count). The number of anilines is 1. The molecule has 0 atom stereocenters.